The standard InChI is InChI=1S/C24H28N2O4/c27-23(28)11-14-26-12-9-17(10-13-26)15-25-24(29)30-16-22-20-7-3-1-5-18(20)19-6-2-4-8-21(19)22/h1-8,17,22H,9-16H2,(H,25,29)(H,27,28). The van der Waals surface area contributed by atoms with Crippen LogP contribution in [0.1, 0.15) is 36.3 Å². The summed E-state index contributed by atoms with van der Waals surface area (Å²) in [6.45, 7) is 3.29. The Morgan fingerprint density at radius 1 is 1.00 bits per heavy atom. The van der Waals surface area contributed by atoms with E-state index in [0.717, 1.165) is 25.9 Å². The van der Waals surface area contributed by atoms with Crippen molar-refractivity contribution in [3.63, 3.8) is 0 Å². The number of carbonyl (C=O) groups excluding carboxylic acids is 1. The number of likely N-dealkylation sites (tertiary alicyclic amines) is 1. The molecular formula is C24H28N2O4. The third kappa shape index (κ3) is 4.65. The van der Waals surface area contributed by atoms with Crippen LogP contribution in [-0.4, -0.2) is 54.9 Å². The van der Waals surface area contributed by atoms with Crippen LogP contribution < -0.4 is 5.32 Å². The Labute approximate surface area is 176 Å². The van der Waals surface area contributed by atoms with Crippen LogP contribution in [0.3, 0.4) is 0 Å². The Bertz CT molecular complexity index is 860. The molecule has 0 aromatic heterocycles. The van der Waals surface area contributed by atoms with Crippen molar-refractivity contribution in [2.45, 2.75) is 25.2 Å². The Balaban J connectivity index is 1.24. The van der Waals surface area contributed by atoms with Gasteiger partial charge in [-0.25, -0.2) is 4.79 Å². The van der Waals surface area contributed by atoms with Crippen LogP contribution in [0.15, 0.2) is 48.5 Å². The second-order valence-corrected chi connectivity index (χ2v) is 8.14. The molecule has 0 atom stereocenters. The van der Waals surface area contributed by atoms with Crippen LogP contribution in [0.25, 0.3) is 11.1 Å². The van der Waals surface area contributed by atoms with E-state index in [4.69, 9.17) is 9.84 Å². The molecule has 2 N–H and O–H groups in total. The summed E-state index contributed by atoms with van der Waals surface area (Å²) < 4.78 is 5.59. The lowest BCUT2D eigenvalue weighted by Gasteiger charge is -2.31. The number of ether oxygens (including phenoxy) is 1. The lowest BCUT2D eigenvalue weighted by atomic mass is 9.97. The fraction of sp³-hybridized carbons (Fsp3) is 0.417. The highest BCUT2D eigenvalue weighted by Crippen LogP contribution is 2.44. The third-order valence-corrected chi connectivity index (χ3v) is 6.23. The summed E-state index contributed by atoms with van der Waals surface area (Å²) in [6, 6.07) is 16.6. The van der Waals surface area contributed by atoms with Gasteiger partial charge in [0.25, 0.3) is 0 Å². The molecule has 0 bridgehead atoms. The predicted octanol–water partition coefficient (Wildman–Crippen LogP) is 3.71. The van der Waals surface area contributed by atoms with Crippen molar-refractivity contribution < 1.29 is 19.4 Å². The summed E-state index contributed by atoms with van der Waals surface area (Å²) in [6.07, 6.45) is 1.74. The van der Waals surface area contributed by atoms with Gasteiger partial charge < -0.3 is 20.1 Å². The third-order valence-electron chi connectivity index (χ3n) is 6.23. The van der Waals surface area contributed by atoms with Gasteiger partial charge in [0.2, 0.25) is 0 Å². The molecule has 0 spiro atoms. The molecule has 0 radical (unpaired) electrons. The number of carbonyl (C=O) groups is 2. The number of aliphatic carboxylic acids is 1. The molecular weight excluding hydrogens is 380 g/mol. The molecule has 0 saturated carbocycles. The molecule has 6 heteroatoms. The molecule has 1 fully saturated rings. The minimum Gasteiger partial charge on any atom is -0.481 e. The van der Waals surface area contributed by atoms with E-state index >= 15 is 0 Å². The van der Waals surface area contributed by atoms with E-state index < -0.39 is 5.97 Å². The number of benzene rings is 2. The molecule has 158 valence electrons. The Hall–Kier alpha value is -2.86. The summed E-state index contributed by atoms with van der Waals surface area (Å²) >= 11 is 0. The topological polar surface area (TPSA) is 78.9 Å². The number of alkyl carbamates (subject to hydrolysis) is 1. The number of hydrogen-bond donors (Lipinski definition) is 2. The molecule has 0 unspecified atom stereocenters. The average molecular weight is 408 g/mol. The van der Waals surface area contributed by atoms with Crippen LogP contribution >= 0.6 is 0 Å². The number of piperidine rings is 1. The smallest absolute Gasteiger partial charge is 0.407 e. The number of rotatable bonds is 7. The molecule has 1 aliphatic heterocycles. The van der Waals surface area contributed by atoms with Crippen molar-refractivity contribution in [2.24, 2.45) is 5.92 Å². The zero-order valence-corrected chi connectivity index (χ0v) is 17.0. The van der Waals surface area contributed by atoms with Crippen LogP contribution in [0.2, 0.25) is 0 Å². The number of nitrogens with one attached hydrogen (secondary N) is 1. The zero-order valence-electron chi connectivity index (χ0n) is 17.0. The van der Waals surface area contributed by atoms with E-state index in [9.17, 15) is 9.59 Å². The van der Waals surface area contributed by atoms with E-state index in [2.05, 4.69) is 34.5 Å². The molecule has 30 heavy (non-hydrogen) atoms. The van der Waals surface area contributed by atoms with Crippen molar-refractivity contribution in [3.8, 4) is 11.1 Å². The average Bonchev–Trinajstić information content (AvgIpc) is 3.09. The first kappa shape index (κ1) is 20.4. The summed E-state index contributed by atoms with van der Waals surface area (Å²) in [4.78, 5) is 25.2. The maximum absolute atomic E-state index is 12.3. The summed E-state index contributed by atoms with van der Waals surface area (Å²) in [5.74, 6) is -0.277. The maximum Gasteiger partial charge on any atom is 0.407 e. The normalized spacial score (nSPS) is 16.7. The maximum atomic E-state index is 12.3. The van der Waals surface area contributed by atoms with Gasteiger partial charge in [-0.3, -0.25) is 4.79 Å². The minimum atomic E-state index is -0.756. The predicted molar refractivity (Wildman–Crippen MR) is 114 cm³/mol. The molecule has 1 aliphatic carbocycles. The lowest BCUT2D eigenvalue weighted by molar-refractivity contribution is -0.137. The highest BCUT2D eigenvalue weighted by Gasteiger charge is 2.29. The summed E-state index contributed by atoms with van der Waals surface area (Å²) in [5, 5.41) is 11.7. The summed E-state index contributed by atoms with van der Waals surface area (Å²) in [7, 11) is 0. The molecule has 1 heterocycles. The first-order chi connectivity index (χ1) is 14.6. The van der Waals surface area contributed by atoms with Crippen LogP contribution in [0.4, 0.5) is 4.79 Å². The van der Waals surface area contributed by atoms with E-state index in [-0.39, 0.29) is 18.4 Å². The van der Waals surface area contributed by atoms with Crippen molar-refractivity contribution in [1.82, 2.24) is 10.2 Å². The van der Waals surface area contributed by atoms with E-state index in [1.165, 1.54) is 22.3 Å². The Morgan fingerprint density at radius 2 is 1.60 bits per heavy atom. The first-order valence-electron chi connectivity index (χ1n) is 10.6. The Morgan fingerprint density at radius 3 is 2.20 bits per heavy atom. The molecule has 4 rings (SSSR count). The van der Waals surface area contributed by atoms with Crippen molar-refractivity contribution in [1.29, 1.82) is 0 Å². The number of carboxylic acid groups (broad SMARTS) is 1. The van der Waals surface area contributed by atoms with Crippen molar-refractivity contribution in [3.05, 3.63) is 59.7 Å². The quantitative estimate of drug-likeness (QED) is 0.730. The van der Waals surface area contributed by atoms with Crippen LogP contribution in [-0.2, 0) is 9.53 Å². The van der Waals surface area contributed by atoms with Crippen LogP contribution in [0.5, 0.6) is 0 Å². The van der Waals surface area contributed by atoms with E-state index in [1.807, 2.05) is 24.3 Å². The number of fused-ring (bicyclic) bond motifs is 3. The highest BCUT2D eigenvalue weighted by atomic mass is 16.5. The van der Waals surface area contributed by atoms with Gasteiger partial charge in [0.05, 0.1) is 6.42 Å². The van der Waals surface area contributed by atoms with Gasteiger partial charge >= 0.3 is 12.1 Å². The van der Waals surface area contributed by atoms with Crippen LogP contribution in [0, 0.1) is 5.92 Å². The fourth-order valence-corrected chi connectivity index (χ4v) is 4.55. The molecule has 1 amide bonds. The van der Waals surface area contributed by atoms with Crippen molar-refractivity contribution in [2.75, 3.05) is 32.8 Å². The monoisotopic (exact) mass is 408 g/mol. The minimum absolute atomic E-state index is 0.0700. The van der Waals surface area contributed by atoms with Gasteiger partial charge in [-0.15, -0.1) is 0 Å². The first-order valence-corrected chi connectivity index (χ1v) is 10.6. The fourth-order valence-electron chi connectivity index (χ4n) is 4.55. The second kappa shape index (κ2) is 9.30. The van der Waals surface area contributed by atoms with E-state index in [0.29, 0.717) is 25.6 Å². The van der Waals surface area contributed by atoms with Gasteiger partial charge in [-0.05, 0) is 54.1 Å². The number of amides is 1. The number of hydrogen-bond acceptors (Lipinski definition) is 4. The zero-order chi connectivity index (χ0) is 20.9. The SMILES string of the molecule is O=C(O)CCN1CCC(CNC(=O)OCC2c3ccccc3-c3ccccc32)CC1. The van der Waals surface area contributed by atoms with Gasteiger partial charge in [-0.1, -0.05) is 48.5 Å². The summed E-state index contributed by atoms with van der Waals surface area (Å²) in [5.41, 5.74) is 4.86. The molecule has 2 aromatic carbocycles. The largest absolute Gasteiger partial charge is 0.481 e. The molecule has 2 aromatic rings. The molecule has 2 aliphatic rings. The van der Waals surface area contributed by atoms with Gasteiger partial charge in [0, 0.05) is 19.0 Å². The van der Waals surface area contributed by atoms with Crippen molar-refractivity contribution >= 4 is 12.1 Å². The second-order valence-electron chi connectivity index (χ2n) is 8.14. The number of nitrogens with zero attached hydrogens (tertiary/aromatic N) is 1. The lowest BCUT2D eigenvalue weighted by Crippen LogP contribution is -2.39. The molecule has 1 saturated heterocycles. The van der Waals surface area contributed by atoms with E-state index in [1.54, 1.807) is 0 Å². The number of carboxylic acids is 1. The van der Waals surface area contributed by atoms with Gasteiger partial charge in [0.1, 0.15) is 6.61 Å². The highest BCUT2D eigenvalue weighted by molar-refractivity contribution is 5.79. The van der Waals surface area contributed by atoms with Gasteiger partial charge in [-0.2, -0.15) is 0 Å². The Kier molecular flexibility index (Phi) is 6.33. The molecule has 6 nitrogen and oxygen atoms in total. The van der Waals surface area contributed by atoms with Gasteiger partial charge in [0.15, 0.2) is 0 Å².